The highest BCUT2D eigenvalue weighted by Gasteiger charge is 2.23. The zero-order valence-electron chi connectivity index (χ0n) is 12.4. The van der Waals surface area contributed by atoms with Crippen molar-refractivity contribution in [3.8, 4) is 0 Å². The molecular formula is C17H19ClN2O. The second-order valence-electron chi connectivity index (χ2n) is 5.53. The minimum Gasteiger partial charge on any atom is -0.329 e. The first-order valence-corrected chi connectivity index (χ1v) is 7.17. The molecule has 2 amide bonds. The first kappa shape index (κ1) is 15.4. The van der Waals surface area contributed by atoms with Gasteiger partial charge in [0.15, 0.2) is 0 Å². The summed E-state index contributed by atoms with van der Waals surface area (Å²) in [7, 11) is 0. The molecule has 0 spiro atoms. The van der Waals surface area contributed by atoms with Gasteiger partial charge in [-0.25, -0.2) is 4.79 Å². The van der Waals surface area contributed by atoms with Gasteiger partial charge in [0.25, 0.3) is 0 Å². The van der Waals surface area contributed by atoms with Crippen LogP contribution in [0.15, 0.2) is 48.5 Å². The summed E-state index contributed by atoms with van der Waals surface area (Å²) < 4.78 is 0. The highest BCUT2D eigenvalue weighted by Crippen LogP contribution is 2.25. The molecule has 0 radical (unpaired) electrons. The Hall–Kier alpha value is -2.00. The third kappa shape index (κ3) is 3.99. The van der Waals surface area contributed by atoms with Crippen LogP contribution < -0.4 is 10.6 Å². The van der Waals surface area contributed by atoms with Crippen molar-refractivity contribution < 1.29 is 4.79 Å². The lowest BCUT2D eigenvalue weighted by atomic mass is 9.93. The van der Waals surface area contributed by atoms with Gasteiger partial charge in [-0.3, -0.25) is 0 Å². The first-order valence-electron chi connectivity index (χ1n) is 6.79. The predicted octanol–water partition coefficient (Wildman–Crippen LogP) is 4.71. The number of rotatable bonds is 3. The molecule has 0 aliphatic carbocycles. The molecule has 0 aromatic heterocycles. The minimum absolute atomic E-state index is 0.247. The average Bonchev–Trinajstić information content (AvgIpc) is 2.42. The molecule has 2 rings (SSSR count). The second kappa shape index (κ2) is 6.19. The number of benzene rings is 2. The highest BCUT2D eigenvalue weighted by atomic mass is 35.5. The molecule has 0 heterocycles. The molecule has 4 heteroatoms. The number of anilines is 1. The van der Waals surface area contributed by atoms with Gasteiger partial charge in [0.05, 0.1) is 5.54 Å². The van der Waals surface area contributed by atoms with Gasteiger partial charge in [-0.05, 0) is 50.1 Å². The molecule has 0 atom stereocenters. The van der Waals surface area contributed by atoms with Crippen LogP contribution >= 0.6 is 11.6 Å². The maximum Gasteiger partial charge on any atom is 0.319 e. The van der Waals surface area contributed by atoms with E-state index in [9.17, 15) is 4.79 Å². The molecule has 0 saturated carbocycles. The molecule has 0 aliphatic rings. The van der Waals surface area contributed by atoms with Crippen LogP contribution in [0.5, 0.6) is 0 Å². The smallest absolute Gasteiger partial charge is 0.319 e. The summed E-state index contributed by atoms with van der Waals surface area (Å²) in [5.74, 6) is 0. The van der Waals surface area contributed by atoms with E-state index in [1.54, 1.807) is 0 Å². The Morgan fingerprint density at radius 2 is 1.76 bits per heavy atom. The van der Waals surface area contributed by atoms with Gasteiger partial charge < -0.3 is 10.6 Å². The normalized spacial score (nSPS) is 11.0. The van der Waals surface area contributed by atoms with Crippen molar-refractivity contribution in [3.05, 3.63) is 64.7 Å². The van der Waals surface area contributed by atoms with Crippen molar-refractivity contribution in [2.45, 2.75) is 26.3 Å². The zero-order chi connectivity index (χ0) is 15.5. The Kier molecular flexibility index (Phi) is 4.53. The summed E-state index contributed by atoms with van der Waals surface area (Å²) in [5, 5.41) is 6.47. The van der Waals surface area contributed by atoms with E-state index < -0.39 is 5.54 Å². The Morgan fingerprint density at radius 3 is 2.38 bits per heavy atom. The number of hydrogen-bond acceptors (Lipinski definition) is 1. The summed E-state index contributed by atoms with van der Waals surface area (Å²) in [4.78, 5) is 12.1. The van der Waals surface area contributed by atoms with Crippen molar-refractivity contribution in [2.75, 3.05) is 5.32 Å². The summed E-state index contributed by atoms with van der Waals surface area (Å²) in [6.45, 7) is 5.84. The molecule has 0 bridgehead atoms. The number of para-hydroxylation sites is 1. The number of urea groups is 1. The van der Waals surface area contributed by atoms with Crippen molar-refractivity contribution in [1.29, 1.82) is 0 Å². The molecule has 0 unspecified atom stereocenters. The SMILES string of the molecule is Cc1ccc(C(C)(C)NC(=O)Nc2ccccc2)cc1Cl. The largest absolute Gasteiger partial charge is 0.329 e. The molecule has 0 fully saturated rings. The summed E-state index contributed by atoms with van der Waals surface area (Å²) in [6, 6.07) is 14.9. The quantitative estimate of drug-likeness (QED) is 0.847. The van der Waals surface area contributed by atoms with Crippen LogP contribution in [0.25, 0.3) is 0 Å². The number of amides is 2. The van der Waals surface area contributed by atoms with E-state index in [-0.39, 0.29) is 6.03 Å². The zero-order valence-corrected chi connectivity index (χ0v) is 13.2. The standard InChI is InChI=1S/C17H19ClN2O/c1-12-9-10-13(11-15(12)18)17(2,3)20-16(21)19-14-7-5-4-6-8-14/h4-11H,1-3H3,(H2,19,20,21). The first-order chi connectivity index (χ1) is 9.88. The van der Waals surface area contributed by atoms with Crippen LogP contribution in [0.4, 0.5) is 10.5 Å². The Labute approximate surface area is 130 Å². The lowest BCUT2D eigenvalue weighted by Crippen LogP contribution is -2.43. The van der Waals surface area contributed by atoms with Crippen molar-refractivity contribution in [1.82, 2.24) is 5.32 Å². The fraction of sp³-hybridized carbons (Fsp3) is 0.235. The van der Waals surface area contributed by atoms with E-state index in [0.717, 1.165) is 16.8 Å². The van der Waals surface area contributed by atoms with Crippen LogP contribution in [0, 0.1) is 6.92 Å². The third-order valence-electron chi connectivity index (χ3n) is 3.35. The monoisotopic (exact) mass is 302 g/mol. The molecule has 0 aliphatic heterocycles. The number of aryl methyl sites for hydroxylation is 1. The van der Waals surface area contributed by atoms with E-state index in [0.29, 0.717) is 5.02 Å². The van der Waals surface area contributed by atoms with E-state index in [1.807, 2.05) is 69.3 Å². The van der Waals surface area contributed by atoms with Crippen LogP contribution in [0.2, 0.25) is 5.02 Å². The van der Waals surface area contributed by atoms with Gasteiger partial charge in [0.2, 0.25) is 0 Å². The maximum atomic E-state index is 12.1. The molecule has 3 nitrogen and oxygen atoms in total. The van der Waals surface area contributed by atoms with Crippen LogP contribution in [0.3, 0.4) is 0 Å². The number of carbonyl (C=O) groups is 1. The van der Waals surface area contributed by atoms with E-state index >= 15 is 0 Å². The Balaban J connectivity index is 2.09. The van der Waals surface area contributed by atoms with Gasteiger partial charge in [0, 0.05) is 10.7 Å². The molecule has 2 aromatic carbocycles. The van der Waals surface area contributed by atoms with Crippen molar-refractivity contribution in [3.63, 3.8) is 0 Å². The highest BCUT2D eigenvalue weighted by molar-refractivity contribution is 6.31. The lowest BCUT2D eigenvalue weighted by molar-refractivity contribution is 0.242. The van der Waals surface area contributed by atoms with Crippen molar-refractivity contribution >= 4 is 23.3 Å². The number of hydrogen-bond donors (Lipinski definition) is 2. The molecule has 2 N–H and O–H groups in total. The van der Waals surface area contributed by atoms with Gasteiger partial charge in [-0.15, -0.1) is 0 Å². The fourth-order valence-electron chi connectivity index (χ4n) is 2.02. The number of carbonyl (C=O) groups excluding carboxylic acids is 1. The van der Waals surface area contributed by atoms with Gasteiger partial charge in [-0.1, -0.05) is 41.9 Å². The van der Waals surface area contributed by atoms with Gasteiger partial charge in [-0.2, -0.15) is 0 Å². The van der Waals surface area contributed by atoms with Crippen LogP contribution in [-0.2, 0) is 5.54 Å². The molecule has 0 saturated heterocycles. The molecule has 110 valence electrons. The summed E-state index contributed by atoms with van der Waals surface area (Å²) >= 11 is 6.16. The van der Waals surface area contributed by atoms with Gasteiger partial charge >= 0.3 is 6.03 Å². The third-order valence-corrected chi connectivity index (χ3v) is 3.76. The van der Waals surface area contributed by atoms with Crippen molar-refractivity contribution in [2.24, 2.45) is 0 Å². The van der Waals surface area contributed by atoms with Crippen LogP contribution in [0.1, 0.15) is 25.0 Å². The topological polar surface area (TPSA) is 41.1 Å². The summed E-state index contributed by atoms with van der Waals surface area (Å²) in [6.07, 6.45) is 0. The molecule has 2 aromatic rings. The fourth-order valence-corrected chi connectivity index (χ4v) is 2.20. The average molecular weight is 303 g/mol. The second-order valence-corrected chi connectivity index (χ2v) is 5.94. The molecular weight excluding hydrogens is 284 g/mol. The minimum atomic E-state index is -0.518. The van der Waals surface area contributed by atoms with E-state index in [4.69, 9.17) is 11.6 Å². The number of halogens is 1. The van der Waals surface area contributed by atoms with Crippen LogP contribution in [-0.4, -0.2) is 6.03 Å². The maximum absolute atomic E-state index is 12.1. The molecule has 21 heavy (non-hydrogen) atoms. The Morgan fingerprint density at radius 1 is 1.10 bits per heavy atom. The lowest BCUT2D eigenvalue weighted by Gasteiger charge is -2.27. The predicted molar refractivity (Wildman–Crippen MR) is 87.8 cm³/mol. The van der Waals surface area contributed by atoms with Gasteiger partial charge in [0.1, 0.15) is 0 Å². The van der Waals surface area contributed by atoms with E-state index in [1.165, 1.54) is 0 Å². The van der Waals surface area contributed by atoms with E-state index in [2.05, 4.69) is 10.6 Å². The summed E-state index contributed by atoms with van der Waals surface area (Å²) in [5.41, 5.74) is 2.22. The number of nitrogens with one attached hydrogen (secondary N) is 2. The Bertz CT molecular complexity index is 638.